The number of hydrogen-bond donors (Lipinski definition) is 0. The van der Waals surface area contributed by atoms with Gasteiger partial charge in [0.2, 0.25) is 11.7 Å². The smallest absolute Gasteiger partial charge is 0.198 e. The molecular formula is C4F6Hg. The molecule has 0 aromatic carbocycles. The first-order valence-corrected chi connectivity index (χ1v) is 1.88. The van der Waals surface area contributed by atoms with Crippen LogP contribution in [0.1, 0.15) is 0 Å². The summed E-state index contributed by atoms with van der Waals surface area (Å²) >= 11 is 0. The molecule has 7 heteroatoms. The molecule has 0 bridgehead atoms. The van der Waals surface area contributed by atoms with Crippen molar-refractivity contribution in [2.24, 2.45) is 0 Å². The molecule has 0 nitrogen and oxygen atoms in total. The Labute approximate surface area is 78.1 Å². The third kappa shape index (κ3) is 4.44. The molecule has 0 aliphatic heterocycles. The molecule has 0 aromatic heterocycles. The Morgan fingerprint density at radius 3 is 0.818 bits per heavy atom. The van der Waals surface area contributed by atoms with Crippen molar-refractivity contribution in [1.29, 1.82) is 0 Å². The van der Waals surface area contributed by atoms with Gasteiger partial charge in [-0.1, -0.05) is 0 Å². The van der Waals surface area contributed by atoms with Crippen LogP contribution in [0.25, 0.3) is 0 Å². The zero-order valence-corrected chi connectivity index (χ0v) is 10.5. The van der Waals surface area contributed by atoms with Crippen LogP contribution in [0.2, 0.25) is 0 Å². The van der Waals surface area contributed by atoms with Gasteiger partial charge in [0.25, 0.3) is 0 Å². The summed E-state index contributed by atoms with van der Waals surface area (Å²) in [7, 11) is 0. The fourth-order valence-corrected chi connectivity index (χ4v) is 0.166. The number of halogens is 6. The van der Waals surface area contributed by atoms with Crippen molar-refractivity contribution in [3.63, 3.8) is 0 Å². The van der Waals surface area contributed by atoms with Gasteiger partial charge in [0.1, 0.15) is 0 Å². The van der Waals surface area contributed by atoms with Crippen LogP contribution >= 0.6 is 0 Å². The van der Waals surface area contributed by atoms with E-state index in [1.807, 2.05) is 0 Å². The monoisotopic (exact) mass is 364 g/mol. The minimum atomic E-state index is -3.11. The van der Waals surface area contributed by atoms with Crippen molar-refractivity contribution in [3.05, 3.63) is 23.8 Å². The summed E-state index contributed by atoms with van der Waals surface area (Å²) in [6.45, 7) is 0. The van der Waals surface area contributed by atoms with E-state index in [-0.39, 0.29) is 27.7 Å². The minimum absolute atomic E-state index is 0. The minimum Gasteiger partial charge on any atom is -0.198 e. The Morgan fingerprint density at radius 1 is 0.545 bits per heavy atom. The zero-order chi connectivity index (χ0) is 8.31. The predicted octanol–water partition coefficient (Wildman–Crippen LogP) is 3.14. The van der Waals surface area contributed by atoms with Gasteiger partial charge in [-0.05, 0) is 0 Å². The summed E-state index contributed by atoms with van der Waals surface area (Å²) in [4.78, 5) is 0. The molecule has 0 rings (SSSR count). The van der Waals surface area contributed by atoms with E-state index in [2.05, 4.69) is 0 Å². The van der Waals surface area contributed by atoms with Crippen LogP contribution in [0.15, 0.2) is 23.8 Å². The quantitative estimate of drug-likeness (QED) is 0.382. The first kappa shape index (κ1) is 13.6. The van der Waals surface area contributed by atoms with Gasteiger partial charge in [-0.2, -0.15) is 26.3 Å². The van der Waals surface area contributed by atoms with Crippen LogP contribution < -0.4 is 0 Å². The Bertz CT molecular complexity index is 165. The molecule has 0 atom stereocenters. The third-order valence-corrected chi connectivity index (χ3v) is 0.525. The fourth-order valence-electron chi connectivity index (χ4n) is 0.166. The molecule has 0 aliphatic carbocycles. The van der Waals surface area contributed by atoms with Crippen molar-refractivity contribution >= 4 is 0 Å². The maximum atomic E-state index is 11.4. The maximum Gasteiger partial charge on any atom is 0.308 e. The second-order valence-corrected chi connectivity index (χ2v) is 1.15. The summed E-state index contributed by atoms with van der Waals surface area (Å²) in [5.41, 5.74) is 0. The summed E-state index contributed by atoms with van der Waals surface area (Å²) in [6.07, 6.45) is -6.21. The topological polar surface area (TPSA) is 0 Å². The summed E-state index contributed by atoms with van der Waals surface area (Å²) in [5.74, 6) is -5.64. The van der Waals surface area contributed by atoms with E-state index in [9.17, 15) is 26.3 Å². The van der Waals surface area contributed by atoms with Gasteiger partial charge in [0, 0.05) is 27.7 Å². The average Bonchev–Trinajstić information content (AvgIpc) is 1.84. The summed E-state index contributed by atoms with van der Waals surface area (Å²) < 4.78 is 66.5. The van der Waals surface area contributed by atoms with E-state index in [1.165, 1.54) is 0 Å². The first-order valence-electron chi connectivity index (χ1n) is 1.88. The van der Waals surface area contributed by atoms with Crippen molar-refractivity contribution in [2.45, 2.75) is 0 Å². The van der Waals surface area contributed by atoms with Crippen LogP contribution in [-0.4, -0.2) is 0 Å². The van der Waals surface area contributed by atoms with Gasteiger partial charge in [-0.25, -0.2) is 0 Å². The van der Waals surface area contributed by atoms with Crippen LogP contribution in [0.5, 0.6) is 0 Å². The van der Waals surface area contributed by atoms with Crippen molar-refractivity contribution < 1.29 is 54.0 Å². The SMILES string of the molecule is FC(F)=C(F)C(F)=C(F)F.[Hg]. The Kier molecular flexibility index (Phi) is 6.94. The van der Waals surface area contributed by atoms with Crippen LogP contribution in [0.4, 0.5) is 26.3 Å². The molecule has 11 heavy (non-hydrogen) atoms. The standard InChI is InChI=1S/C4F6.Hg/c5-1(3(7)8)2(6)4(9)10;. The first-order chi connectivity index (χ1) is 4.46. The second kappa shape index (κ2) is 5.62. The largest absolute Gasteiger partial charge is 0.308 e. The van der Waals surface area contributed by atoms with Gasteiger partial charge in [-0.3, -0.25) is 0 Å². The predicted molar refractivity (Wildman–Crippen MR) is 20.7 cm³/mol. The van der Waals surface area contributed by atoms with Gasteiger partial charge in [0.15, 0.2) is 0 Å². The van der Waals surface area contributed by atoms with Crippen molar-refractivity contribution in [1.82, 2.24) is 0 Å². The molecule has 0 aromatic rings. The summed E-state index contributed by atoms with van der Waals surface area (Å²) in [6, 6.07) is 0. The van der Waals surface area contributed by atoms with Crippen molar-refractivity contribution in [3.8, 4) is 0 Å². The number of hydrogen-bond acceptors (Lipinski definition) is 0. The van der Waals surface area contributed by atoms with Crippen LogP contribution in [-0.2, 0) is 27.7 Å². The molecule has 0 heterocycles. The Hall–Kier alpha value is -0.00494. The molecule has 0 unspecified atom stereocenters. The van der Waals surface area contributed by atoms with E-state index < -0.39 is 23.8 Å². The molecule has 60 valence electrons. The van der Waals surface area contributed by atoms with E-state index in [1.54, 1.807) is 0 Å². The molecule has 0 spiro atoms. The van der Waals surface area contributed by atoms with Crippen molar-refractivity contribution in [2.75, 3.05) is 0 Å². The normalized spacial score (nSPS) is 8.18. The zero-order valence-electron chi connectivity index (χ0n) is 4.97. The van der Waals surface area contributed by atoms with E-state index >= 15 is 0 Å². The van der Waals surface area contributed by atoms with Gasteiger partial charge >= 0.3 is 12.2 Å². The number of allylic oxidation sites excluding steroid dienone is 2. The molecule has 0 saturated heterocycles. The summed E-state index contributed by atoms with van der Waals surface area (Å²) in [5, 5.41) is 0. The van der Waals surface area contributed by atoms with E-state index in [4.69, 9.17) is 0 Å². The third-order valence-electron chi connectivity index (χ3n) is 0.525. The van der Waals surface area contributed by atoms with Crippen LogP contribution in [0, 0.1) is 0 Å². The molecule has 0 N–H and O–H groups in total. The van der Waals surface area contributed by atoms with E-state index in [0.29, 0.717) is 0 Å². The molecule has 0 saturated carbocycles. The van der Waals surface area contributed by atoms with Gasteiger partial charge in [-0.15, -0.1) is 0 Å². The van der Waals surface area contributed by atoms with Gasteiger partial charge < -0.3 is 0 Å². The van der Waals surface area contributed by atoms with Gasteiger partial charge in [0.05, 0.1) is 0 Å². The molecule has 0 radical (unpaired) electrons. The Morgan fingerprint density at radius 2 is 0.727 bits per heavy atom. The molecule has 0 fully saturated rings. The maximum absolute atomic E-state index is 11.4. The van der Waals surface area contributed by atoms with Crippen LogP contribution in [0.3, 0.4) is 0 Å². The number of rotatable bonds is 1. The molecule has 0 amide bonds. The second-order valence-electron chi connectivity index (χ2n) is 1.15. The fraction of sp³-hybridized carbons (Fsp3) is 0. The molecular weight excluding hydrogens is 363 g/mol. The average molecular weight is 363 g/mol. The Balaban J connectivity index is 0. The van der Waals surface area contributed by atoms with E-state index in [0.717, 1.165) is 0 Å². The molecule has 0 aliphatic rings.